The Bertz CT molecular complexity index is 147. The molecule has 1 N–H and O–H groups in total. The van der Waals surface area contributed by atoms with Gasteiger partial charge in [0.25, 0.3) is 5.91 Å². The van der Waals surface area contributed by atoms with E-state index < -0.39 is 6.10 Å². The zero-order chi connectivity index (χ0) is 9.40. The third-order valence-electron chi connectivity index (χ3n) is 1.42. The lowest BCUT2D eigenvalue weighted by molar-refractivity contribution is -0.127. The van der Waals surface area contributed by atoms with Crippen LogP contribution in [0.25, 0.3) is 0 Å². The zero-order valence-electron chi connectivity index (χ0n) is 7.42. The lowest BCUT2D eigenvalue weighted by atomic mass is 10.3. The van der Waals surface area contributed by atoms with E-state index in [2.05, 4.69) is 10.1 Å². The molecule has 0 rings (SSSR count). The first kappa shape index (κ1) is 10.9. The van der Waals surface area contributed by atoms with Crippen LogP contribution in [0.2, 0.25) is 0 Å². The number of carbonyl (C=O) groups excluding carboxylic acids is 2. The van der Waals surface area contributed by atoms with Gasteiger partial charge in [0.2, 0.25) is 0 Å². The summed E-state index contributed by atoms with van der Waals surface area (Å²) in [7, 11) is 0. The van der Waals surface area contributed by atoms with Gasteiger partial charge in [-0.05, 0) is 13.3 Å². The first-order valence-corrected chi connectivity index (χ1v) is 4.02. The summed E-state index contributed by atoms with van der Waals surface area (Å²) in [5.74, 6) is -0.271. The number of carbonyl (C=O) groups is 1. The molecule has 0 aliphatic carbocycles. The fraction of sp³-hybridized carbons (Fsp3) is 0.750. The largest absolute Gasteiger partial charge is 0.444 e. The molecule has 4 heteroatoms. The molecular weight excluding hydrogens is 158 g/mol. The molecule has 0 spiro atoms. The number of hydrogen-bond donors (Lipinski definition) is 1. The molecule has 1 atom stereocenters. The van der Waals surface area contributed by atoms with E-state index in [9.17, 15) is 9.59 Å². The van der Waals surface area contributed by atoms with Crippen LogP contribution in [0.3, 0.4) is 0 Å². The number of unbranched alkanes of at least 4 members (excludes halogenated alkanes) is 1. The fourth-order valence-corrected chi connectivity index (χ4v) is 0.658. The second-order valence-corrected chi connectivity index (χ2v) is 2.49. The number of amides is 1. The number of nitrogens with one attached hydrogen (secondary N) is 1. The second-order valence-electron chi connectivity index (χ2n) is 2.49. The number of hydrogen-bond acceptors (Lipinski definition) is 3. The van der Waals surface area contributed by atoms with Crippen molar-refractivity contribution in [3.05, 3.63) is 0 Å². The Kier molecular flexibility index (Phi) is 6.05. The molecule has 1 unspecified atom stereocenters. The minimum absolute atomic E-state index is 0.271. The fourth-order valence-electron chi connectivity index (χ4n) is 0.658. The maximum atomic E-state index is 11.0. The molecule has 0 heterocycles. The highest BCUT2D eigenvalue weighted by molar-refractivity contribution is 5.81. The summed E-state index contributed by atoms with van der Waals surface area (Å²) in [5.41, 5.74) is 0. The topological polar surface area (TPSA) is 55.4 Å². The van der Waals surface area contributed by atoms with Crippen LogP contribution in [-0.4, -0.2) is 25.0 Å². The molecule has 0 aliphatic rings. The Hall–Kier alpha value is -1.06. The average molecular weight is 172 g/mol. The van der Waals surface area contributed by atoms with Crippen molar-refractivity contribution in [1.82, 2.24) is 5.32 Å². The van der Waals surface area contributed by atoms with Gasteiger partial charge in [0, 0.05) is 6.54 Å². The highest BCUT2D eigenvalue weighted by atomic mass is 16.5. The van der Waals surface area contributed by atoms with E-state index >= 15 is 0 Å². The van der Waals surface area contributed by atoms with Gasteiger partial charge in [0.15, 0.2) is 6.10 Å². The maximum absolute atomic E-state index is 11.0. The van der Waals surface area contributed by atoms with Crippen LogP contribution < -0.4 is 5.32 Å². The molecule has 0 saturated carbocycles. The lowest BCUT2D eigenvalue weighted by Gasteiger charge is -2.08. The molecule has 69 valence electrons. The summed E-state index contributed by atoms with van der Waals surface area (Å²) in [5, 5.41) is 2.63. The zero-order valence-corrected chi connectivity index (χ0v) is 7.42. The Morgan fingerprint density at radius 1 is 1.67 bits per heavy atom. The van der Waals surface area contributed by atoms with Gasteiger partial charge in [-0.1, -0.05) is 13.3 Å². The van der Waals surface area contributed by atoms with Gasteiger partial charge in [0.05, 0.1) is 0 Å². The Labute approximate surface area is 72.3 Å². The lowest BCUT2D eigenvalue weighted by Crippen LogP contribution is -2.34. The first-order chi connectivity index (χ1) is 5.72. The van der Waals surface area contributed by atoms with E-state index in [0.29, 0.717) is 6.54 Å². The maximum Gasteiger partial charge on any atom is 0.418 e. The van der Waals surface area contributed by atoms with Crippen LogP contribution in [-0.2, 0) is 14.3 Å². The highest BCUT2D eigenvalue weighted by Crippen LogP contribution is 1.88. The van der Waals surface area contributed by atoms with Crippen LogP contribution in [0.4, 0.5) is 0 Å². The SMILES string of the molecule is CCCCNC(=O)C(C)O[C]=O. The van der Waals surface area contributed by atoms with Crippen molar-refractivity contribution in [3.8, 4) is 0 Å². The van der Waals surface area contributed by atoms with Crippen LogP contribution in [0.1, 0.15) is 26.7 Å². The summed E-state index contributed by atoms with van der Waals surface area (Å²) in [6, 6.07) is 0. The van der Waals surface area contributed by atoms with E-state index in [1.54, 1.807) is 0 Å². The van der Waals surface area contributed by atoms with Gasteiger partial charge in [-0.15, -0.1) is 0 Å². The second kappa shape index (κ2) is 6.64. The molecule has 1 amide bonds. The smallest absolute Gasteiger partial charge is 0.418 e. The minimum Gasteiger partial charge on any atom is -0.444 e. The molecule has 0 aromatic rings. The Balaban J connectivity index is 3.49. The Morgan fingerprint density at radius 2 is 2.33 bits per heavy atom. The molecular formula is C8H14NO3. The van der Waals surface area contributed by atoms with E-state index in [1.165, 1.54) is 13.4 Å². The first-order valence-electron chi connectivity index (χ1n) is 4.02. The van der Waals surface area contributed by atoms with Crippen molar-refractivity contribution in [2.24, 2.45) is 0 Å². The highest BCUT2D eigenvalue weighted by Gasteiger charge is 2.11. The summed E-state index contributed by atoms with van der Waals surface area (Å²) in [6.45, 7) is 5.39. The molecule has 0 aromatic carbocycles. The normalized spacial score (nSPS) is 11.8. The van der Waals surface area contributed by atoms with Crippen molar-refractivity contribution in [1.29, 1.82) is 0 Å². The van der Waals surface area contributed by atoms with Crippen molar-refractivity contribution in [2.45, 2.75) is 32.8 Å². The van der Waals surface area contributed by atoms with Crippen molar-refractivity contribution >= 4 is 12.4 Å². The van der Waals surface area contributed by atoms with Crippen molar-refractivity contribution in [3.63, 3.8) is 0 Å². The standard InChI is InChI=1S/C8H14NO3/c1-3-4-5-9-8(11)7(2)12-6-10/h7H,3-5H2,1-2H3,(H,9,11). The predicted molar refractivity (Wildman–Crippen MR) is 44.2 cm³/mol. The predicted octanol–water partition coefficient (Wildman–Crippen LogP) is 0.375. The molecule has 0 bridgehead atoms. The third kappa shape index (κ3) is 4.71. The summed E-state index contributed by atoms with van der Waals surface area (Å²) in [6.07, 6.45) is 1.22. The van der Waals surface area contributed by atoms with Gasteiger partial charge in [0.1, 0.15) is 0 Å². The number of rotatable bonds is 6. The number of ether oxygens (including phenoxy) is 1. The monoisotopic (exact) mass is 172 g/mol. The van der Waals surface area contributed by atoms with Gasteiger partial charge in [-0.3, -0.25) is 4.79 Å². The van der Waals surface area contributed by atoms with Crippen LogP contribution in [0, 0.1) is 0 Å². The van der Waals surface area contributed by atoms with Crippen LogP contribution in [0.5, 0.6) is 0 Å². The molecule has 0 fully saturated rings. The van der Waals surface area contributed by atoms with Crippen molar-refractivity contribution in [2.75, 3.05) is 6.54 Å². The van der Waals surface area contributed by atoms with E-state index in [1.807, 2.05) is 6.92 Å². The molecule has 4 nitrogen and oxygen atoms in total. The van der Waals surface area contributed by atoms with Gasteiger partial charge in [-0.2, -0.15) is 0 Å². The minimum atomic E-state index is -0.737. The van der Waals surface area contributed by atoms with Gasteiger partial charge >= 0.3 is 6.47 Å². The van der Waals surface area contributed by atoms with Crippen molar-refractivity contribution < 1.29 is 14.3 Å². The quantitative estimate of drug-likeness (QED) is 0.589. The third-order valence-corrected chi connectivity index (χ3v) is 1.42. The average Bonchev–Trinajstić information content (AvgIpc) is 2.05. The molecule has 0 saturated heterocycles. The molecule has 0 aromatic heterocycles. The van der Waals surface area contributed by atoms with Crippen LogP contribution in [0.15, 0.2) is 0 Å². The molecule has 12 heavy (non-hydrogen) atoms. The summed E-state index contributed by atoms with van der Waals surface area (Å²) < 4.78 is 4.32. The molecule has 1 radical (unpaired) electrons. The van der Waals surface area contributed by atoms with Gasteiger partial charge in [-0.25, -0.2) is 4.79 Å². The van der Waals surface area contributed by atoms with E-state index in [-0.39, 0.29) is 5.91 Å². The molecule has 0 aliphatic heterocycles. The van der Waals surface area contributed by atoms with Crippen LogP contribution >= 0.6 is 0 Å². The Morgan fingerprint density at radius 3 is 2.83 bits per heavy atom. The summed E-state index contributed by atoms with van der Waals surface area (Å²) >= 11 is 0. The van der Waals surface area contributed by atoms with E-state index in [0.717, 1.165) is 12.8 Å². The van der Waals surface area contributed by atoms with E-state index in [4.69, 9.17) is 0 Å². The summed E-state index contributed by atoms with van der Waals surface area (Å²) in [4.78, 5) is 20.7. The van der Waals surface area contributed by atoms with Gasteiger partial charge < -0.3 is 10.1 Å².